The minimum Gasteiger partial charge on any atom is -0.497 e. The number of phenols is 1. The van der Waals surface area contributed by atoms with Gasteiger partial charge in [-0.25, -0.2) is 0 Å². The van der Waals surface area contributed by atoms with E-state index in [4.69, 9.17) is 10.2 Å². The summed E-state index contributed by atoms with van der Waals surface area (Å²) in [6.45, 7) is 0.128. The van der Waals surface area contributed by atoms with E-state index in [1.807, 2.05) is 0 Å². The van der Waals surface area contributed by atoms with E-state index in [1.54, 1.807) is 0 Å². The number of fused-ring (bicyclic) bond motifs is 2. The SMILES string of the molecule is CN1C2CCC1C(CO)C(O)C2.O=[N+]([O-])c1cc([N+](=O)[O-])c(O)c([N+](=O)[O-])c1. The number of aliphatic hydroxyl groups excluding tert-OH is 2. The van der Waals surface area contributed by atoms with Gasteiger partial charge in [-0.2, -0.15) is 0 Å². The maximum Gasteiger partial charge on any atom is 0.324 e. The number of non-ortho nitro benzene ring substituents is 1. The molecule has 2 aliphatic rings. The van der Waals surface area contributed by atoms with Gasteiger partial charge in [0.25, 0.3) is 11.4 Å². The van der Waals surface area contributed by atoms with E-state index in [2.05, 4.69) is 11.9 Å². The van der Waals surface area contributed by atoms with Gasteiger partial charge in [-0.05, 0) is 26.3 Å². The average Bonchev–Trinajstić information content (AvgIpc) is 2.86. The number of nitro benzene ring substituents is 3. The summed E-state index contributed by atoms with van der Waals surface area (Å²) >= 11 is 0. The second-order valence-electron chi connectivity index (χ2n) is 6.72. The third kappa shape index (κ3) is 4.16. The molecule has 4 unspecified atom stereocenters. The number of nitro groups is 3. The molecule has 2 saturated heterocycles. The van der Waals surface area contributed by atoms with Gasteiger partial charge in [0.2, 0.25) is 0 Å². The molecule has 2 aliphatic heterocycles. The van der Waals surface area contributed by atoms with Crippen molar-refractivity contribution in [1.29, 1.82) is 0 Å². The molecule has 1 aromatic carbocycles. The molecule has 0 aliphatic carbocycles. The maximum atomic E-state index is 10.4. The first kappa shape index (κ1) is 21.4. The highest BCUT2D eigenvalue weighted by molar-refractivity contribution is 5.64. The molecule has 13 nitrogen and oxygen atoms in total. The van der Waals surface area contributed by atoms with Crippen molar-refractivity contribution < 1.29 is 30.1 Å². The molecular formula is C15H20N4O9. The predicted molar refractivity (Wildman–Crippen MR) is 93.8 cm³/mol. The van der Waals surface area contributed by atoms with Crippen LogP contribution in [0.4, 0.5) is 17.1 Å². The van der Waals surface area contributed by atoms with Gasteiger partial charge in [0.15, 0.2) is 0 Å². The highest BCUT2D eigenvalue weighted by Gasteiger charge is 2.44. The molecule has 2 heterocycles. The summed E-state index contributed by atoms with van der Waals surface area (Å²) < 4.78 is 0. The van der Waals surface area contributed by atoms with Crippen molar-refractivity contribution in [1.82, 2.24) is 4.90 Å². The smallest absolute Gasteiger partial charge is 0.324 e. The Hall–Kier alpha value is -2.90. The summed E-state index contributed by atoms with van der Waals surface area (Å²) in [6.07, 6.45) is 2.90. The Bertz CT molecular complexity index is 752. The fourth-order valence-electron chi connectivity index (χ4n) is 3.77. The number of hydrogen-bond acceptors (Lipinski definition) is 10. The van der Waals surface area contributed by atoms with E-state index in [0.717, 1.165) is 12.8 Å². The summed E-state index contributed by atoms with van der Waals surface area (Å²) in [7, 11) is 2.11. The molecule has 154 valence electrons. The van der Waals surface area contributed by atoms with E-state index in [0.29, 0.717) is 24.2 Å². The number of aliphatic hydroxyl groups is 2. The topological polar surface area (TPSA) is 193 Å². The normalized spacial score (nSPS) is 26.2. The molecule has 0 amide bonds. The Labute approximate surface area is 158 Å². The molecular weight excluding hydrogens is 380 g/mol. The van der Waals surface area contributed by atoms with Crippen molar-refractivity contribution in [3.05, 3.63) is 42.5 Å². The van der Waals surface area contributed by atoms with Gasteiger partial charge < -0.3 is 15.3 Å². The molecule has 4 atom stereocenters. The van der Waals surface area contributed by atoms with Crippen LogP contribution >= 0.6 is 0 Å². The lowest BCUT2D eigenvalue weighted by Gasteiger charge is -2.39. The number of aromatic hydroxyl groups is 1. The highest BCUT2D eigenvalue weighted by Crippen LogP contribution is 2.39. The van der Waals surface area contributed by atoms with Gasteiger partial charge in [-0.15, -0.1) is 0 Å². The lowest BCUT2D eigenvalue weighted by atomic mass is 9.88. The predicted octanol–water partition coefficient (Wildman–Crippen LogP) is 0.939. The van der Waals surface area contributed by atoms with Gasteiger partial charge in [0.05, 0.1) is 33.0 Å². The van der Waals surface area contributed by atoms with E-state index in [1.165, 1.54) is 6.42 Å². The summed E-state index contributed by atoms with van der Waals surface area (Å²) in [5.74, 6) is -1.12. The second kappa shape index (κ2) is 8.41. The molecule has 3 N–H and O–H groups in total. The highest BCUT2D eigenvalue weighted by atomic mass is 16.6. The van der Waals surface area contributed by atoms with Crippen LogP contribution in [0.3, 0.4) is 0 Å². The minimum atomic E-state index is -1.21. The molecule has 0 radical (unpaired) electrons. The van der Waals surface area contributed by atoms with Gasteiger partial charge in [0, 0.05) is 24.6 Å². The van der Waals surface area contributed by atoms with Crippen molar-refractivity contribution in [3.8, 4) is 5.75 Å². The summed E-state index contributed by atoms with van der Waals surface area (Å²) in [4.78, 5) is 30.1. The van der Waals surface area contributed by atoms with E-state index < -0.39 is 37.6 Å². The second-order valence-corrected chi connectivity index (χ2v) is 6.72. The monoisotopic (exact) mass is 400 g/mol. The molecule has 28 heavy (non-hydrogen) atoms. The third-order valence-electron chi connectivity index (χ3n) is 5.27. The summed E-state index contributed by atoms with van der Waals surface area (Å²) in [6, 6.07) is 1.88. The van der Waals surface area contributed by atoms with Crippen LogP contribution in [-0.2, 0) is 0 Å². The summed E-state index contributed by atoms with van der Waals surface area (Å²) in [5, 5.41) is 59.0. The van der Waals surface area contributed by atoms with Crippen LogP contribution in [0.1, 0.15) is 19.3 Å². The lowest BCUT2D eigenvalue weighted by Crippen LogP contribution is -2.50. The maximum absolute atomic E-state index is 10.4. The molecule has 0 saturated carbocycles. The zero-order chi connectivity index (χ0) is 21.2. The van der Waals surface area contributed by atoms with Crippen molar-refractivity contribution in [2.45, 2.75) is 37.5 Å². The lowest BCUT2D eigenvalue weighted by molar-refractivity contribution is -0.404. The minimum absolute atomic E-state index is 0.0914. The van der Waals surface area contributed by atoms with Gasteiger partial charge in [-0.1, -0.05) is 0 Å². The third-order valence-corrected chi connectivity index (χ3v) is 5.27. The first-order valence-corrected chi connectivity index (χ1v) is 8.39. The van der Waals surface area contributed by atoms with Gasteiger partial charge in [-0.3, -0.25) is 35.2 Å². The summed E-state index contributed by atoms with van der Waals surface area (Å²) in [5.41, 5.74) is -3.00. The first-order chi connectivity index (χ1) is 13.1. The molecule has 0 aromatic heterocycles. The Kier molecular flexibility index (Phi) is 6.43. The van der Waals surface area contributed by atoms with Crippen LogP contribution in [0.25, 0.3) is 0 Å². The Morgan fingerprint density at radius 1 is 1.07 bits per heavy atom. The van der Waals surface area contributed by atoms with E-state index >= 15 is 0 Å². The van der Waals surface area contributed by atoms with Crippen LogP contribution in [-0.4, -0.2) is 66.8 Å². The number of rotatable bonds is 4. The zero-order valence-electron chi connectivity index (χ0n) is 14.9. The largest absolute Gasteiger partial charge is 0.497 e. The fraction of sp³-hybridized carbons (Fsp3) is 0.600. The Balaban J connectivity index is 0.000000207. The number of nitrogens with zero attached hydrogens (tertiary/aromatic N) is 4. The zero-order valence-corrected chi connectivity index (χ0v) is 14.9. The van der Waals surface area contributed by atoms with E-state index in [9.17, 15) is 35.4 Å². The first-order valence-electron chi connectivity index (χ1n) is 8.39. The molecule has 2 fully saturated rings. The molecule has 1 aromatic rings. The standard InChI is InChI=1S/C9H17NO2.C6H3N3O7/c1-10-6-2-3-8(10)7(5-11)9(12)4-6;10-6-4(8(13)14)1-3(7(11)12)2-5(6)9(15)16/h6-9,11-12H,2-5H2,1H3;1-2,10H. The Morgan fingerprint density at radius 3 is 2.04 bits per heavy atom. The van der Waals surface area contributed by atoms with Crippen molar-refractivity contribution in [3.63, 3.8) is 0 Å². The molecule has 13 heteroatoms. The Morgan fingerprint density at radius 2 is 1.61 bits per heavy atom. The van der Waals surface area contributed by atoms with Crippen LogP contribution < -0.4 is 0 Å². The number of benzene rings is 1. The number of phenolic OH excluding ortho intramolecular Hbond substituents is 1. The van der Waals surface area contributed by atoms with Crippen LogP contribution in [0.5, 0.6) is 5.75 Å². The number of piperidine rings is 1. The van der Waals surface area contributed by atoms with Crippen molar-refractivity contribution >= 4 is 17.1 Å². The molecule has 0 spiro atoms. The van der Waals surface area contributed by atoms with Crippen LogP contribution in [0.2, 0.25) is 0 Å². The van der Waals surface area contributed by atoms with Crippen molar-refractivity contribution in [2.75, 3.05) is 13.7 Å². The number of hydrogen-bond donors (Lipinski definition) is 3. The van der Waals surface area contributed by atoms with Gasteiger partial charge >= 0.3 is 11.4 Å². The van der Waals surface area contributed by atoms with E-state index in [-0.39, 0.29) is 18.6 Å². The van der Waals surface area contributed by atoms with Gasteiger partial charge in [0.1, 0.15) is 0 Å². The molecule has 3 rings (SSSR count). The molecule has 2 bridgehead atoms. The quantitative estimate of drug-likeness (QED) is 0.483. The van der Waals surface area contributed by atoms with Crippen LogP contribution in [0, 0.1) is 36.3 Å². The van der Waals surface area contributed by atoms with Crippen molar-refractivity contribution in [2.24, 2.45) is 5.92 Å². The fourth-order valence-corrected chi connectivity index (χ4v) is 3.77. The van der Waals surface area contributed by atoms with Crippen LogP contribution in [0.15, 0.2) is 12.1 Å². The average molecular weight is 400 g/mol.